The Morgan fingerprint density at radius 1 is 1.19 bits per heavy atom. The van der Waals surface area contributed by atoms with Gasteiger partial charge in [0.05, 0.1) is 10.6 Å². The minimum atomic E-state index is -3.64. The van der Waals surface area contributed by atoms with E-state index in [2.05, 4.69) is 29.5 Å². The van der Waals surface area contributed by atoms with Crippen molar-refractivity contribution in [2.24, 2.45) is 21.7 Å². The van der Waals surface area contributed by atoms with Gasteiger partial charge in [0.25, 0.3) is 10.0 Å². The Bertz CT molecular complexity index is 972. The quantitative estimate of drug-likeness (QED) is 0.624. The number of hydrogen-bond donors (Lipinski definition) is 1. The molecule has 7 nitrogen and oxygen atoms in total. The van der Waals surface area contributed by atoms with Gasteiger partial charge in [-0.1, -0.05) is 25.6 Å². The minimum absolute atomic E-state index is 0.0492. The Morgan fingerprint density at radius 3 is 2.33 bits per heavy atom. The standard InChI is InChI=1S/C18H22N5O2S2/c1-12(2)17-22(20-11-26-17)18(19)21-15-7-9-16(10-8-15)27(24,25)23-13(3)5-6-14(23)4/h5-10,12,17H,1-4H3,(H2,19,21). The van der Waals surface area contributed by atoms with Gasteiger partial charge in [-0.3, -0.25) is 0 Å². The lowest BCUT2D eigenvalue weighted by molar-refractivity contribution is 0.354. The molecule has 0 bridgehead atoms. The normalized spacial score (nSPS) is 17.9. The van der Waals surface area contributed by atoms with E-state index in [-0.39, 0.29) is 16.2 Å². The third kappa shape index (κ3) is 3.74. The lowest BCUT2D eigenvalue weighted by Gasteiger charge is -2.24. The highest BCUT2D eigenvalue weighted by atomic mass is 32.2. The number of aromatic nitrogens is 1. The third-order valence-corrected chi connectivity index (χ3v) is 7.29. The molecule has 0 aliphatic carbocycles. The van der Waals surface area contributed by atoms with Gasteiger partial charge < -0.3 is 5.73 Å². The molecule has 0 spiro atoms. The van der Waals surface area contributed by atoms with Crippen LogP contribution in [0.15, 0.2) is 51.4 Å². The molecule has 3 rings (SSSR count). The van der Waals surface area contributed by atoms with Crippen LogP contribution in [-0.2, 0) is 10.0 Å². The fourth-order valence-electron chi connectivity index (χ4n) is 2.84. The van der Waals surface area contributed by atoms with Gasteiger partial charge in [-0.25, -0.2) is 22.4 Å². The summed E-state index contributed by atoms with van der Waals surface area (Å²) in [6, 6.07) is 9.90. The second-order valence-corrected chi connectivity index (χ2v) is 9.33. The minimum Gasteiger partial charge on any atom is -0.368 e. The lowest BCUT2D eigenvalue weighted by atomic mass is 10.2. The summed E-state index contributed by atoms with van der Waals surface area (Å²) in [7, 11) is -3.64. The number of nitrogens with zero attached hydrogens (tertiary/aromatic N) is 4. The molecule has 0 amide bonds. The Hall–Kier alpha value is -2.26. The second-order valence-electron chi connectivity index (χ2n) is 6.64. The molecule has 0 fully saturated rings. The number of benzene rings is 1. The average molecular weight is 405 g/mol. The average Bonchev–Trinajstić information content (AvgIpc) is 3.22. The Labute approximate surface area is 164 Å². The fourth-order valence-corrected chi connectivity index (χ4v) is 5.18. The van der Waals surface area contributed by atoms with Crippen LogP contribution in [0.25, 0.3) is 0 Å². The summed E-state index contributed by atoms with van der Waals surface area (Å²) in [4.78, 5) is 4.57. The van der Waals surface area contributed by atoms with E-state index in [1.807, 2.05) is 0 Å². The molecule has 1 aliphatic rings. The maximum Gasteiger partial charge on any atom is 0.268 e. The first kappa shape index (κ1) is 19.5. The van der Waals surface area contributed by atoms with Crippen LogP contribution in [-0.4, -0.2) is 34.3 Å². The molecular formula is C18H22N5O2S2. The van der Waals surface area contributed by atoms with Gasteiger partial charge in [0, 0.05) is 11.4 Å². The van der Waals surface area contributed by atoms with Crippen LogP contribution in [0.4, 0.5) is 5.69 Å². The molecule has 1 aromatic heterocycles. The molecule has 143 valence electrons. The third-order valence-electron chi connectivity index (χ3n) is 4.19. The summed E-state index contributed by atoms with van der Waals surface area (Å²) < 4.78 is 27.1. The highest BCUT2D eigenvalue weighted by Crippen LogP contribution is 2.28. The predicted octanol–water partition coefficient (Wildman–Crippen LogP) is 3.14. The van der Waals surface area contributed by atoms with E-state index >= 15 is 0 Å². The molecule has 1 aliphatic heterocycles. The zero-order chi connectivity index (χ0) is 19.8. The van der Waals surface area contributed by atoms with Gasteiger partial charge in [-0.15, -0.1) is 0 Å². The Kier molecular flexibility index (Phi) is 5.34. The van der Waals surface area contributed by atoms with Crippen molar-refractivity contribution < 1.29 is 8.42 Å². The smallest absolute Gasteiger partial charge is 0.268 e. The van der Waals surface area contributed by atoms with E-state index in [1.54, 1.807) is 43.1 Å². The van der Waals surface area contributed by atoms with E-state index in [1.165, 1.54) is 27.9 Å². The zero-order valence-electron chi connectivity index (χ0n) is 15.6. The van der Waals surface area contributed by atoms with Gasteiger partial charge in [-0.05, 0) is 56.2 Å². The van der Waals surface area contributed by atoms with Gasteiger partial charge >= 0.3 is 0 Å². The van der Waals surface area contributed by atoms with E-state index < -0.39 is 10.0 Å². The first-order valence-corrected chi connectivity index (χ1v) is 10.8. The van der Waals surface area contributed by atoms with Crippen LogP contribution in [0.2, 0.25) is 0 Å². The Balaban J connectivity index is 1.87. The van der Waals surface area contributed by atoms with Crippen molar-refractivity contribution >= 4 is 39.0 Å². The van der Waals surface area contributed by atoms with Gasteiger partial charge in [0.15, 0.2) is 5.55 Å². The monoisotopic (exact) mass is 404 g/mol. The van der Waals surface area contributed by atoms with E-state index in [4.69, 9.17) is 5.73 Å². The highest BCUT2D eigenvalue weighted by molar-refractivity contribution is 8.12. The molecule has 2 aromatic rings. The topological polar surface area (TPSA) is 93.0 Å². The maximum absolute atomic E-state index is 12.9. The van der Waals surface area contributed by atoms with Gasteiger partial charge in [0.2, 0.25) is 5.96 Å². The van der Waals surface area contributed by atoms with Crippen molar-refractivity contribution in [3.8, 4) is 0 Å². The number of nitrogens with two attached hydrogens (primary N) is 1. The Morgan fingerprint density at radius 2 is 1.78 bits per heavy atom. The molecule has 9 heteroatoms. The second kappa shape index (κ2) is 7.40. The van der Waals surface area contributed by atoms with Crippen molar-refractivity contribution in [1.82, 2.24) is 8.98 Å². The van der Waals surface area contributed by atoms with Crippen molar-refractivity contribution in [2.45, 2.75) is 38.0 Å². The molecule has 0 saturated carbocycles. The lowest BCUT2D eigenvalue weighted by Crippen LogP contribution is -2.39. The predicted molar refractivity (Wildman–Crippen MR) is 110 cm³/mol. The summed E-state index contributed by atoms with van der Waals surface area (Å²) in [5.41, 5.74) is 10.8. The zero-order valence-corrected chi connectivity index (χ0v) is 17.3. The summed E-state index contributed by atoms with van der Waals surface area (Å²) in [6.07, 6.45) is 0. The van der Waals surface area contributed by atoms with Gasteiger partial charge in [-0.2, -0.15) is 5.10 Å². The van der Waals surface area contributed by atoms with E-state index in [9.17, 15) is 8.42 Å². The number of guanidine groups is 1. The molecule has 0 saturated heterocycles. The number of rotatable bonds is 4. The van der Waals surface area contributed by atoms with Crippen LogP contribution in [0.1, 0.15) is 25.2 Å². The summed E-state index contributed by atoms with van der Waals surface area (Å²) in [5, 5.41) is 5.82. The number of aliphatic imine (C=N–C) groups is 1. The van der Waals surface area contributed by atoms with Crippen molar-refractivity contribution in [2.75, 3.05) is 0 Å². The van der Waals surface area contributed by atoms with Crippen LogP contribution in [0.3, 0.4) is 0 Å². The number of thioether (sulfide) groups is 1. The van der Waals surface area contributed by atoms with Crippen LogP contribution in [0, 0.1) is 19.8 Å². The van der Waals surface area contributed by atoms with Crippen molar-refractivity contribution in [1.29, 1.82) is 0 Å². The first-order chi connectivity index (χ1) is 12.7. The van der Waals surface area contributed by atoms with E-state index in [0.29, 0.717) is 23.0 Å². The molecule has 1 aromatic carbocycles. The molecular weight excluding hydrogens is 382 g/mol. The number of aryl methyl sites for hydroxylation is 2. The highest BCUT2D eigenvalue weighted by Gasteiger charge is 2.28. The van der Waals surface area contributed by atoms with Crippen molar-refractivity contribution in [3.63, 3.8) is 0 Å². The largest absolute Gasteiger partial charge is 0.368 e. The van der Waals surface area contributed by atoms with Crippen LogP contribution in [0.5, 0.6) is 0 Å². The molecule has 2 N–H and O–H groups in total. The molecule has 1 atom stereocenters. The van der Waals surface area contributed by atoms with E-state index in [0.717, 1.165) is 0 Å². The summed E-state index contributed by atoms with van der Waals surface area (Å²) in [5.74, 6) is 0.571. The number of hydrogen-bond acceptors (Lipinski definition) is 5. The molecule has 1 radical (unpaired) electrons. The maximum atomic E-state index is 12.9. The molecule has 1 unspecified atom stereocenters. The molecule has 27 heavy (non-hydrogen) atoms. The van der Waals surface area contributed by atoms with Crippen molar-refractivity contribution in [3.05, 3.63) is 47.8 Å². The van der Waals surface area contributed by atoms with Crippen LogP contribution >= 0.6 is 11.8 Å². The van der Waals surface area contributed by atoms with Crippen LogP contribution < -0.4 is 5.73 Å². The summed E-state index contributed by atoms with van der Waals surface area (Å²) in [6.45, 7) is 7.68. The SMILES string of the molecule is Cc1ccc(C)n1S(=O)(=O)c1ccc(N=C(N)N2N=[C]SC2C(C)C)cc1. The number of hydrazone groups is 1. The molecule has 2 heterocycles. The van der Waals surface area contributed by atoms with Gasteiger partial charge in [0.1, 0.15) is 5.37 Å². The summed E-state index contributed by atoms with van der Waals surface area (Å²) >= 11 is 1.47. The first-order valence-electron chi connectivity index (χ1n) is 8.47. The fraction of sp³-hybridized carbons (Fsp3) is 0.333.